The van der Waals surface area contributed by atoms with Crippen LogP contribution in [0, 0.1) is 34.9 Å². The maximum atomic E-state index is 14.7. The zero-order valence-corrected chi connectivity index (χ0v) is 21.6. The third-order valence-corrected chi connectivity index (χ3v) is 9.55. The van der Waals surface area contributed by atoms with Crippen LogP contribution < -0.4 is 15.4 Å². The lowest BCUT2D eigenvalue weighted by atomic mass is 9.70. The van der Waals surface area contributed by atoms with Crippen molar-refractivity contribution in [2.75, 3.05) is 6.54 Å². The molecule has 0 aromatic heterocycles. The molecule has 1 aromatic carbocycles. The van der Waals surface area contributed by atoms with Crippen molar-refractivity contribution in [2.24, 2.45) is 29.1 Å². The molecule has 0 aliphatic heterocycles. The Labute approximate surface area is 217 Å². The fraction of sp³-hybridized carbons (Fsp3) is 0.679. The van der Waals surface area contributed by atoms with E-state index >= 15 is 0 Å². The predicted octanol–water partition coefficient (Wildman–Crippen LogP) is 5.07. The molecule has 4 fully saturated rings. The van der Waals surface area contributed by atoms with Gasteiger partial charge >= 0.3 is 0 Å². The van der Waals surface area contributed by atoms with Gasteiger partial charge in [0.05, 0.1) is 22.6 Å². The molecule has 6 nitrogen and oxygen atoms in total. The molecule has 1 aromatic rings. The summed E-state index contributed by atoms with van der Waals surface area (Å²) in [6, 6.07) is 2.24. The third-order valence-electron chi connectivity index (χ3n) is 9.24. The minimum absolute atomic E-state index is 0.00455. The highest BCUT2D eigenvalue weighted by molar-refractivity contribution is 6.34. The van der Waals surface area contributed by atoms with Crippen molar-refractivity contribution in [3.63, 3.8) is 0 Å². The van der Waals surface area contributed by atoms with Crippen LogP contribution in [0.15, 0.2) is 12.1 Å². The first-order valence-electron chi connectivity index (χ1n) is 13.5. The number of amides is 2. The number of carbonyl (C=O) groups excluding carboxylic acids is 3. The lowest BCUT2D eigenvalue weighted by Gasteiger charge is -2.39. The average Bonchev–Trinajstić information content (AvgIpc) is 3.45. The van der Waals surface area contributed by atoms with Crippen LogP contribution in [0.2, 0.25) is 5.02 Å². The number of carbonyl (C=O) groups is 3. The van der Waals surface area contributed by atoms with Crippen molar-refractivity contribution in [2.45, 2.75) is 83.3 Å². The highest BCUT2D eigenvalue weighted by atomic mass is 35.5. The molecule has 2 bridgehead atoms. The summed E-state index contributed by atoms with van der Waals surface area (Å²) in [5.74, 6) is -0.679. The second-order valence-electron chi connectivity index (χ2n) is 11.8. The molecule has 4 unspecified atom stereocenters. The van der Waals surface area contributed by atoms with Gasteiger partial charge in [-0.15, -0.1) is 0 Å². The SMILES string of the molecule is CC1(CNC(=O)C2C3CCC(C3)C2NC(=O)c2cc(OC3CCC(C=O)CC3)c(F)cc2Cl)CCC1. The lowest BCUT2D eigenvalue weighted by molar-refractivity contribution is -0.128. The van der Waals surface area contributed by atoms with Gasteiger partial charge in [0.1, 0.15) is 6.29 Å². The van der Waals surface area contributed by atoms with Crippen molar-refractivity contribution in [3.8, 4) is 5.75 Å². The van der Waals surface area contributed by atoms with Gasteiger partial charge in [0.15, 0.2) is 11.6 Å². The van der Waals surface area contributed by atoms with Crippen molar-refractivity contribution in [3.05, 3.63) is 28.5 Å². The summed E-state index contributed by atoms with van der Waals surface area (Å²) in [5.41, 5.74) is 0.342. The molecule has 4 atom stereocenters. The van der Waals surface area contributed by atoms with Gasteiger partial charge in [0, 0.05) is 18.5 Å². The van der Waals surface area contributed by atoms with E-state index in [1.807, 2.05) is 0 Å². The molecular weight excluding hydrogens is 483 g/mol. The molecule has 0 saturated heterocycles. The minimum atomic E-state index is -0.615. The Morgan fingerprint density at radius 1 is 1.14 bits per heavy atom. The monoisotopic (exact) mass is 518 g/mol. The molecule has 196 valence electrons. The fourth-order valence-corrected chi connectivity index (χ4v) is 7.03. The van der Waals surface area contributed by atoms with Gasteiger partial charge in [0.2, 0.25) is 5.91 Å². The van der Waals surface area contributed by atoms with E-state index in [4.69, 9.17) is 16.3 Å². The summed E-state index contributed by atoms with van der Waals surface area (Å²) >= 11 is 6.29. The number of nitrogens with one attached hydrogen (secondary N) is 2. The second kappa shape index (κ2) is 10.3. The molecule has 0 radical (unpaired) electrons. The zero-order chi connectivity index (χ0) is 25.4. The summed E-state index contributed by atoms with van der Waals surface area (Å²) in [6.07, 6.45) is 9.93. The number of hydrogen-bond donors (Lipinski definition) is 2. The molecule has 4 saturated carbocycles. The number of ether oxygens (including phenoxy) is 1. The summed E-state index contributed by atoms with van der Waals surface area (Å²) in [7, 11) is 0. The van der Waals surface area contributed by atoms with Gasteiger partial charge in [-0.1, -0.05) is 24.9 Å². The molecule has 4 aliphatic rings. The first-order valence-corrected chi connectivity index (χ1v) is 13.8. The second-order valence-corrected chi connectivity index (χ2v) is 12.2. The maximum Gasteiger partial charge on any atom is 0.253 e. The van der Waals surface area contributed by atoms with Gasteiger partial charge in [-0.05, 0) is 87.2 Å². The van der Waals surface area contributed by atoms with Crippen LogP contribution >= 0.6 is 11.6 Å². The molecule has 5 rings (SSSR count). The first-order chi connectivity index (χ1) is 17.3. The standard InChI is InChI=1S/C28H36ClFN2O4/c1-28(9-2-10-28)15-31-27(35)24-17-5-6-18(11-17)25(24)32-26(34)20-12-23(22(30)13-21(20)29)36-19-7-3-16(14-33)4-8-19/h12-14,16-19,24-25H,2-11,15H2,1H3,(H,31,35)(H,32,34). The van der Waals surface area contributed by atoms with Gasteiger partial charge in [-0.2, -0.15) is 0 Å². The van der Waals surface area contributed by atoms with E-state index in [1.165, 1.54) is 12.5 Å². The van der Waals surface area contributed by atoms with Gasteiger partial charge in [-0.3, -0.25) is 9.59 Å². The summed E-state index contributed by atoms with van der Waals surface area (Å²) in [6.45, 7) is 2.89. The Balaban J connectivity index is 1.26. The Kier molecular flexibility index (Phi) is 7.30. The topological polar surface area (TPSA) is 84.5 Å². The maximum absolute atomic E-state index is 14.7. The number of halogens is 2. The highest BCUT2D eigenvalue weighted by Gasteiger charge is 2.51. The molecule has 36 heavy (non-hydrogen) atoms. The molecule has 2 amide bonds. The van der Waals surface area contributed by atoms with Gasteiger partial charge < -0.3 is 20.2 Å². The summed E-state index contributed by atoms with van der Waals surface area (Å²) < 4.78 is 20.5. The Hall–Kier alpha value is -2.15. The largest absolute Gasteiger partial charge is 0.487 e. The van der Waals surface area contributed by atoms with Gasteiger partial charge in [0.25, 0.3) is 5.91 Å². The van der Waals surface area contributed by atoms with Gasteiger partial charge in [-0.25, -0.2) is 4.39 Å². The quantitative estimate of drug-likeness (QED) is 0.471. The predicted molar refractivity (Wildman–Crippen MR) is 134 cm³/mol. The van der Waals surface area contributed by atoms with Crippen LogP contribution in [0.3, 0.4) is 0 Å². The normalized spacial score (nSPS) is 32.4. The average molecular weight is 519 g/mol. The summed E-state index contributed by atoms with van der Waals surface area (Å²) in [4.78, 5) is 37.5. The van der Waals surface area contributed by atoms with Crippen LogP contribution in [0.5, 0.6) is 5.75 Å². The van der Waals surface area contributed by atoms with Crippen molar-refractivity contribution in [1.82, 2.24) is 10.6 Å². The molecule has 0 spiro atoms. The molecular formula is C28H36ClFN2O4. The lowest BCUT2D eigenvalue weighted by Crippen LogP contribution is -2.51. The Morgan fingerprint density at radius 3 is 2.53 bits per heavy atom. The molecule has 8 heteroatoms. The number of fused-ring (bicyclic) bond motifs is 2. The molecule has 2 N–H and O–H groups in total. The van der Waals surface area contributed by atoms with Crippen LogP contribution in [0.25, 0.3) is 0 Å². The van der Waals surface area contributed by atoms with E-state index in [9.17, 15) is 18.8 Å². The van der Waals surface area contributed by atoms with Crippen molar-refractivity contribution >= 4 is 29.7 Å². The van der Waals surface area contributed by atoms with Crippen LogP contribution in [0.4, 0.5) is 4.39 Å². The molecule has 0 heterocycles. The van der Waals surface area contributed by atoms with Crippen LogP contribution in [-0.2, 0) is 9.59 Å². The zero-order valence-electron chi connectivity index (χ0n) is 20.9. The van der Waals surface area contributed by atoms with E-state index in [2.05, 4.69) is 17.6 Å². The Bertz CT molecular complexity index is 1020. The van der Waals surface area contributed by atoms with Crippen molar-refractivity contribution < 1.29 is 23.5 Å². The van der Waals surface area contributed by atoms with E-state index in [1.54, 1.807) is 0 Å². The van der Waals surface area contributed by atoms with E-state index < -0.39 is 11.7 Å². The number of hydrogen-bond acceptors (Lipinski definition) is 4. The smallest absolute Gasteiger partial charge is 0.253 e. The van der Waals surface area contributed by atoms with E-state index in [-0.39, 0.29) is 63.5 Å². The number of rotatable bonds is 8. The van der Waals surface area contributed by atoms with Crippen molar-refractivity contribution in [1.29, 1.82) is 0 Å². The highest BCUT2D eigenvalue weighted by Crippen LogP contribution is 2.49. The fourth-order valence-electron chi connectivity index (χ4n) is 6.80. The Morgan fingerprint density at radius 2 is 1.86 bits per heavy atom. The van der Waals surface area contributed by atoms with Crippen LogP contribution in [0.1, 0.15) is 81.5 Å². The third kappa shape index (κ3) is 5.13. The van der Waals surface area contributed by atoms with E-state index in [0.29, 0.717) is 32.2 Å². The van der Waals surface area contributed by atoms with Crippen LogP contribution in [-0.4, -0.2) is 36.8 Å². The summed E-state index contributed by atoms with van der Waals surface area (Å²) in [5, 5.41) is 6.27. The minimum Gasteiger partial charge on any atom is -0.487 e. The first kappa shape index (κ1) is 25.5. The van der Waals surface area contributed by atoms with E-state index in [0.717, 1.165) is 44.5 Å². The number of benzene rings is 1. The molecule has 4 aliphatic carbocycles. The number of aldehydes is 1.